The van der Waals surface area contributed by atoms with Crippen molar-refractivity contribution in [3.05, 3.63) is 33.9 Å². The van der Waals surface area contributed by atoms with Gasteiger partial charge >= 0.3 is 5.69 Å². The number of nitro groups is 1. The minimum atomic E-state index is -0.547. The fourth-order valence-corrected chi connectivity index (χ4v) is 1.13. The van der Waals surface area contributed by atoms with Crippen molar-refractivity contribution in [2.24, 2.45) is 5.10 Å². The second-order valence-corrected chi connectivity index (χ2v) is 3.11. The molecule has 0 aliphatic heterocycles. The molecule has 90 valence electrons. The number of nitrogens with one attached hydrogen (secondary N) is 1. The van der Waals surface area contributed by atoms with Crippen molar-refractivity contribution in [1.29, 1.82) is 0 Å². The molecule has 0 spiro atoms. The predicted octanol–water partition coefficient (Wildman–Crippen LogP) is 1.07. The fraction of sp³-hybridized carbons (Fsp3) is 0.200. The molecule has 7 heteroatoms. The van der Waals surface area contributed by atoms with E-state index in [1.165, 1.54) is 32.4 Å². The van der Waals surface area contributed by atoms with Crippen molar-refractivity contribution in [2.45, 2.75) is 6.92 Å². The van der Waals surface area contributed by atoms with Crippen LogP contribution in [0.4, 0.5) is 5.69 Å². The van der Waals surface area contributed by atoms with E-state index in [4.69, 9.17) is 4.74 Å². The maximum Gasteiger partial charge on any atom is 0.311 e. The molecule has 0 radical (unpaired) electrons. The highest BCUT2D eigenvalue weighted by Crippen LogP contribution is 2.26. The Morgan fingerprint density at radius 3 is 2.82 bits per heavy atom. The van der Waals surface area contributed by atoms with Gasteiger partial charge in [-0.2, -0.15) is 5.10 Å². The minimum absolute atomic E-state index is 0.153. The predicted molar refractivity (Wildman–Crippen MR) is 61.1 cm³/mol. The Kier molecular flexibility index (Phi) is 4.15. The second-order valence-electron chi connectivity index (χ2n) is 3.11. The van der Waals surface area contributed by atoms with E-state index in [0.29, 0.717) is 5.56 Å². The van der Waals surface area contributed by atoms with E-state index in [0.717, 1.165) is 0 Å². The quantitative estimate of drug-likeness (QED) is 0.481. The summed E-state index contributed by atoms with van der Waals surface area (Å²) in [6, 6.07) is 4.37. The summed E-state index contributed by atoms with van der Waals surface area (Å²) < 4.78 is 4.85. The molecule has 0 atom stereocenters. The first-order valence-corrected chi connectivity index (χ1v) is 4.66. The van der Waals surface area contributed by atoms with Crippen LogP contribution in [0.3, 0.4) is 0 Å². The van der Waals surface area contributed by atoms with Gasteiger partial charge in [0.25, 0.3) is 0 Å². The number of hydrazone groups is 1. The Morgan fingerprint density at radius 1 is 1.59 bits per heavy atom. The molecule has 0 aliphatic carbocycles. The molecule has 7 nitrogen and oxygen atoms in total. The molecule has 1 N–H and O–H groups in total. The number of hydrogen-bond donors (Lipinski definition) is 1. The van der Waals surface area contributed by atoms with Crippen LogP contribution in [0.1, 0.15) is 12.5 Å². The van der Waals surface area contributed by atoms with Crippen molar-refractivity contribution < 1.29 is 14.5 Å². The first-order valence-electron chi connectivity index (χ1n) is 4.66. The van der Waals surface area contributed by atoms with Gasteiger partial charge < -0.3 is 4.74 Å². The van der Waals surface area contributed by atoms with Gasteiger partial charge in [-0.05, 0) is 12.1 Å². The number of benzene rings is 1. The molecular weight excluding hydrogens is 226 g/mol. The molecule has 17 heavy (non-hydrogen) atoms. The summed E-state index contributed by atoms with van der Waals surface area (Å²) in [5.74, 6) is -0.143. The zero-order valence-corrected chi connectivity index (χ0v) is 9.34. The van der Waals surface area contributed by atoms with Crippen molar-refractivity contribution in [1.82, 2.24) is 5.43 Å². The summed E-state index contributed by atoms with van der Waals surface area (Å²) in [6.45, 7) is 1.31. The van der Waals surface area contributed by atoms with E-state index in [-0.39, 0.29) is 17.3 Å². The highest BCUT2D eigenvalue weighted by atomic mass is 16.6. The van der Waals surface area contributed by atoms with Gasteiger partial charge in [0.15, 0.2) is 5.75 Å². The van der Waals surface area contributed by atoms with Crippen LogP contribution in [0.2, 0.25) is 0 Å². The third-order valence-corrected chi connectivity index (χ3v) is 1.84. The Balaban J connectivity index is 2.96. The lowest BCUT2D eigenvalue weighted by molar-refractivity contribution is -0.385. The van der Waals surface area contributed by atoms with Crippen molar-refractivity contribution in [2.75, 3.05) is 7.11 Å². The van der Waals surface area contributed by atoms with Crippen LogP contribution in [0, 0.1) is 10.1 Å². The number of hydrogen-bond acceptors (Lipinski definition) is 5. The van der Waals surface area contributed by atoms with E-state index in [9.17, 15) is 14.9 Å². The van der Waals surface area contributed by atoms with E-state index >= 15 is 0 Å². The molecule has 1 amide bonds. The molecule has 0 unspecified atom stereocenters. The van der Waals surface area contributed by atoms with E-state index in [1.54, 1.807) is 6.07 Å². The van der Waals surface area contributed by atoms with Gasteiger partial charge in [-0.15, -0.1) is 0 Å². The Hall–Kier alpha value is -2.44. The number of carbonyl (C=O) groups is 1. The van der Waals surface area contributed by atoms with Gasteiger partial charge in [-0.1, -0.05) is 0 Å². The van der Waals surface area contributed by atoms with Crippen LogP contribution in [0.15, 0.2) is 23.3 Å². The fourth-order valence-electron chi connectivity index (χ4n) is 1.13. The summed E-state index contributed by atoms with van der Waals surface area (Å²) in [7, 11) is 1.35. The van der Waals surface area contributed by atoms with E-state index in [1.807, 2.05) is 0 Å². The monoisotopic (exact) mass is 237 g/mol. The zero-order valence-electron chi connectivity index (χ0n) is 9.34. The molecule has 0 saturated carbocycles. The molecule has 0 aromatic heterocycles. The lowest BCUT2D eigenvalue weighted by atomic mass is 10.2. The third-order valence-electron chi connectivity index (χ3n) is 1.84. The second kappa shape index (κ2) is 5.59. The first kappa shape index (κ1) is 12.6. The van der Waals surface area contributed by atoms with Gasteiger partial charge in [0, 0.05) is 18.6 Å². The molecule has 1 aromatic carbocycles. The lowest BCUT2D eigenvalue weighted by Crippen LogP contribution is -2.12. The normalized spacial score (nSPS) is 10.2. The number of carbonyl (C=O) groups excluding carboxylic acids is 1. The molecule has 0 aliphatic rings. The Labute approximate surface area is 97.2 Å². The van der Waals surface area contributed by atoms with Crippen LogP contribution in [0.5, 0.6) is 5.75 Å². The number of amides is 1. The zero-order chi connectivity index (χ0) is 12.8. The SMILES string of the molecule is COc1ccc(C=NNC(C)=O)cc1[N+](=O)[O-]. The largest absolute Gasteiger partial charge is 0.490 e. The van der Waals surface area contributed by atoms with Crippen molar-refractivity contribution >= 4 is 17.8 Å². The average molecular weight is 237 g/mol. The number of ether oxygens (including phenoxy) is 1. The topological polar surface area (TPSA) is 93.8 Å². The van der Waals surface area contributed by atoms with Crippen molar-refractivity contribution in [3.63, 3.8) is 0 Å². The molecule has 1 rings (SSSR count). The highest BCUT2D eigenvalue weighted by molar-refractivity contribution is 5.83. The smallest absolute Gasteiger partial charge is 0.311 e. The maximum atomic E-state index is 10.7. The minimum Gasteiger partial charge on any atom is -0.490 e. The van der Waals surface area contributed by atoms with Gasteiger partial charge in [0.1, 0.15) is 0 Å². The van der Waals surface area contributed by atoms with Gasteiger partial charge in [0.05, 0.1) is 18.2 Å². The Morgan fingerprint density at radius 2 is 2.29 bits per heavy atom. The highest BCUT2D eigenvalue weighted by Gasteiger charge is 2.14. The average Bonchev–Trinajstić information content (AvgIpc) is 2.28. The van der Waals surface area contributed by atoms with Gasteiger partial charge in [-0.3, -0.25) is 14.9 Å². The standard InChI is InChI=1S/C10H11N3O4/c1-7(14)12-11-6-8-3-4-10(17-2)9(5-8)13(15)16/h3-6H,1-2H3,(H,12,14). The van der Waals surface area contributed by atoms with Gasteiger partial charge in [0.2, 0.25) is 5.91 Å². The van der Waals surface area contributed by atoms with Crippen molar-refractivity contribution in [3.8, 4) is 5.75 Å². The van der Waals surface area contributed by atoms with Crippen LogP contribution >= 0.6 is 0 Å². The molecule has 0 saturated heterocycles. The summed E-state index contributed by atoms with van der Waals surface area (Å²) in [6.07, 6.45) is 1.31. The van der Waals surface area contributed by atoms with Crippen LogP contribution in [-0.2, 0) is 4.79 Å². The number of nitrogens with zero attached hydrogens (tertiary/aromatic N) is 2. The van der Waals surface area contributed by atoms with E-state index < -0.39 is 4.92 Å². The lowest BCUT2D eigenvalue weighted by Gasteiger charge is -2.01. The number of rotatable bonds is 4. The summed E-state index contributed by atoms with van der Waals surface area (Å²) >= 11 is 0. The molecule has 0 heterocycles. The van der Waals surface area contributed by atoms with E-state index in [2.05, 4.69) is 10.5 Å². The van der Waals surface area contributed by atoms with Crippen LogP contribution in [0.25, 0.3) is 0 Å². The molecule has 0 bridgehead atoms. The third kappa shape index (κ3) is 3.56. The Bertz CT molecular complexity index is 471. The summed E-state index contributed by atoms with van der Waals surface area (Å²) in [4.78, 5) is 20.7. The molecular formula is C10H11N3O4. The molecule has 0 fully saturated rings. The summed E-state index contributed by atoms with van der Waals surface area (Å²) in [5.41, 5.74) is 2.54. The molecule has 1 aromatic rings. The first-order chi connectivity index (χ1) is 8.04. The van der Waals surface area contributed by atoms with Crippen LogP contribution in [-0.4, -0.2) is 24.2 Å². The van der Waals surface area contributed by atoms with Gasteiger partial charge in [-0.25, -0.2) is 5.43 Å². The maximum absolute atomic E-state index is 10.7. The number of nitro benzene ring substituents is 1. The number of methoxy groups -OCH3 is 1. The summed E-state index contributed by atoms with van der Waals surface area (Å²) in [5, 5.41) is 14.3. The van der Waals surface area contributed by atoms with Crippen LogP contribution < -0.4 is 10.2 Å².